The number of hydrogen-bond acceptors (Lipinski definition) is 6. The number of hydrogen-bond donors (Lipinski definition) is 4. The summed E-state index contributed by atoms with van der Waals surface area (Å²) in [6, 6.07) is 7.11. The van der Waals surface area contributed by atoms with Gasteiger partial charge in [0, 0.05) is 0 Å². The monoisotopic (exact) mass is 296 g/mol. The molecule has 0 unspecified atom stereocenters. The van der Waals surface area contributed by atoms with Gasteiger partial charge in [0.1, 0.15) is 30.2 Å². The van der Waals surface area contributed by atoms with E-state index in [0.29, 0.717) is 5.75 Å². The van der Waals surface area contributed by atoms with E-state index in [1.807, 2.05) is 12.1 Å². The molecule has 0 saturated carbocycles. The predicted octanol–water partition coefficient (Wildman–Crippen LogP) is -0.406. The van der Waals surface area contributed by atoms with Gasteiger partial charge >= 0.3 is 0 Å². The highest BCUT2D eigenvalue weighted by molar-refractivity contribution is 5.28. The zero-order chi connectivity index (χ0) is 15.4. The first-order valence-electron chi connectivity index (χ1n) is 6.74. The lowest BCUT2D eigenvalue weighted by Gasteiger charge is -2.39. The van der Waals surface area contributed by atoms with Gasteiger partial charge in [0.15, 0.2) is 0 Å². The SMILES string of the molecule is C=CCc1ccc(O[C@H]2O[C@H](CO)[C@@H](O)[C@H](O)[C@H]2O)cc1. The van der Waals surface area contributed by atoms with Gasteiger partial charge in [-0.25, -0.2) is 0 Å². The molecule has 0 aliphatic carbocycles. The van der Waals surface area contributed by atoms with Crippen LogP contribution in [0.2, 0.25) is 0 Å². The molecule has 1 aliphatic heterocycles. The summed E-state index contributed by atoms with van der Waals surface area (Å²) in [4.78, 5) is 0. The second kappa shape index (κ2) is 7.02. The summed E-state index contributed by atoms with van der Waals surface area (Å²) in [6.07, 6.45) is -3.86. The molecule has 1 saturated heterocycles. The van der Waals surface area contributed by atoms with Gasteiger partial charge in [-0.3, -0.25) is 0 Å². The molecule has 21 heavy (non-hydrogen) atoms. The van der Waals surface area contributed by atoms with E-state index < -0.39 is 37.3 Å². The van der Waals surface area contributed by atoms with E-state index in [1.165, 1.54) is 0 Å². The van der Waals surface area contributed by atoms with E-state index in [1.54, 1.807) is 18.2 Å². The van der Waals surface area contributed by atoms with Gasteiger partial charge in [-0.05, 0) is 24.1 Å². The van der Waals surface area contributed by atoms with Crippen molar-refractivity contribution in [1.29, 1.82) is 0 Å². The quantitative estimate of drug-likeness (QED) is 0.552. The van der Waals surface area contributed by atoms with Crippen LogP contribution in [0.3, 0.4) is 0 Å². The van der Waals surface area contributed by atoms with E-state index in [4.69, 9.17) is 14.6 Å². The fourth-order valence-corrected chi connectivity index (χ4v) is 2.17. The van der Waals surface area contributed by atoms with Crippen LogP contribution in [0.25, 0.3) is 0 Å². The van der Waals surface area contributed by atoms with Crippen LogP contribution in [-0.2, 0) is 11.2 Å². The average molecular weight is 296 g/mol. The van der Waals surface area contributed by atoms with Crippen molar-refractivity contribution in [3.8, 4) is 5.75 Å². The fourth-order valence-electron chi connectivity index (χ4n) is 2.17. The van der Waals surface area contributed by atoms with Crippen LogP contribution in [0.4, 0.5) is 0 Å². The van der Waals surface area contributed by atoms with Crippen molar-refractivity contribution in [1.82, 2.24) is 0 Å². The van der Waals surface area contributed by atoms with Crippen LogP contribution in [-0.4, -0.2) is 57.7 Å². The molecular weight excluding hydrogens is 276 g/mol. The van der Waals surface area contributed by atoms with Crippen LogP contribution in [0.5, 0.6) is 5.75 Å². The summed E-state index contributed by atoms with van der Waals surface area (Å²) in [7, 11) is 0. The van der Waals surface area contributed by atoms with Crippen molar-refractivity contribution in [2.24, 2.45) is 0 Å². The summed E-state index contributed by atoms with van der Waals surface area (Å²) >= 11 is 0. The molecule has 1 aliphatic rings. The maximum atomic E-state index is 9.87. The molecule has 5 atom stereocenters. The standard InChI is InChI=1S/C15H20O6/c1-2-3-9-4-6-10(7-5-9)20-15-14(19)13(18)12(17)11(8-16)21-15/h2,4-7,11-19H,1,3,8H2/t11-,12-,13+,14-,15+/m1/s1. The van der Waals surface area contributed by atoms with Gasteiger partial charge in [0.25, 0.3) is 0 Å². The van der Waals surface area contributed by atoms with E-state index in [2.05, 4.69) is 6.58 Å². The van der Waals surface area contributed by atoms with Crippen molar-refractivity contribution < 1.29 is 29.9 Å². The first-order chi connectivity index (χ1) is 10.1. The summed E-state index contributed by atoms with van der Waals surface area (Å²) in [5.41, 5.74) is 1.06. The third-order valence-corrected chi connectivity index (χ3v) is 3.40. The second-order valence-electron chi connectivity index (χ2n) is 4.95. The highest BCUT2D eigenvalue weighted by atomic mass is 16.7. The van der Waals surface area contributed by atoms with E-state index in [9.17, 15) is 15.3 Å². The number of aliphatic hydroxyl groups is 4. The minimum absolute atomic E-state index is 0.451. The Bertz CT molecular complexity index is 458. The largest absolute Gasteiger partial charge is 0.462 e. The third-order valence-electron chi connectivity index (χ3n) is 3.40. The van der Waals surface area contributed by atoms with Crippen LogP contribution >= 0.6 is 0 Å². The van der Waals surface area contributed by atoms with Crippen LogP contribution in [0.1, 0.15) is 5.56 Å². The molecule has 1 fully saturated rings. The minimum Gasteiger partial charge on any atom is -0.462 e. The maximum Gasteiger partial charge on any atom is 0.229 e. The zero-order valence-corrected chi connectivity index (χ0v) is 11.5. The Balaban J connectivity index is 2.05. The molecule has 2 rings (SSSR count). The summed E-state index contributed by atoms with van der Waals surface area (Å²) in [6.45, 7) is 3.17. The van der Waals surface area contributed by atoms with Gasteiger partial charge in [-0.15, -0.1) is 6.58 Å². The molecule has 0 bridgehead atoms. The Morgan fingerprint density at radius 2 is 1.76 bits per heavy atom. The number of aliphatic hydroxyl groups excluding tert-OH is 4. The Morgan fingerprint density at radius 3 is 2.33 bits per heavy atom. The van der Waals surface area contributed by atoms with Gasteiger partial charge < -0.3 is 29.9 Å². The van der Waals surface area contributed by atoms with Crippen LogP contribution in [0, 0.1) is 0 Å². The molecule has 6 nitrogen and oxygen atoms in total. The minimum atomic E-state index is -1.44. The number of benzene rings is 1. The smallest absolute Gasteiger partial charge is 0.229 e. The molecular formula is C15H20O6. The molecule has 0 aromatic heterocycles. The van der Waals surface area contributed by atoms with Crippen LogP contribution in [0.15, 0.2) is 36.9 Å². The van der Waals surface area contributed by atoms with E-state index >= 15 is 0 Å². The predicted molar refractivity (Wildman–Crippen MR) is 74.7 cm³/mol. The molecule has 1 aromatic rings. The molecule has 1 aromatic carbocycles. The molecule has 6 heteroatoms. The number of rotatable bonds is 5. The lowest BCUT2D eigenvalue weighted by Crippen LogP contribution is -2.60. The van der Waals surface area contributed by atoms with Gasteiger partial charge in [0.05, 0.1) is 6.61 Å². The van der Waals surface area contributed by atoms with Gasteiger partial charge in [-0.1, -0.05) is 18.2 Å². The van der Waals surface area contributed by atoms with Crippen molar-refractivity contribution >= 4 is 0 Å². The molecule has 4 N–H and O–H groups in total. The normalized spacial score (nSPS) is 32.7. The summed E-state index contributed by atoms with van der Waals surface area (Å²) in [5, 5.41) is 38.3. The van der Waals surface area contributed by atoms with E-state index in [-0.39, 0.29) is 0 Å². The molecule has 0 radical (unpaired) electrons. The van der Waals surface area contributed by atoms with Crippen LogP contribution < -0.4 is 4.74 Å². The Labute approximate surface area is 122 Å². The topological polar surface area (TPSA) is 99.4 Å². The lowest BCUT2D eigenvalue weighted by atomic mass is 9.99. The summed E-state index contributed by atoms with van der Waals surface area (Å²) < 4.78 is 10.7. The third kappa shape index (κ3) is 3.61. The first kappa shape index (κ1) is 15.9. The molecule has 0 amide bonds. The van der Waals surface area contributed by atoms with Gasteiger partial charge in [-0.2, -0.15) is 0 Å². The lowest BCUT2D eigenvalue weighted by molar-refractivity contribution is -0.277. The fraction of sp³-hybridized carbons (Fsp3) is 0.467. The maximum absolute atomic E-state index is 9.87. The van der Waals surface area contributed by atoms with Gasteiger partial charge in [0.2, 0.25) is 6.29 Å². The summed E-state index contributed by atoms with van der Waals surface area (Å²) in [5.74, 6) is 0.451. The average Bonchev–Trinajstić information content (AvgIpc) is 2.50. The van der Waals surface area contributed by atoms with Crippen molar-refractivity contribution in [3.05, 3.63) is 42.5 Å². The zero-order valence-electron chi connectivity index (χ0n) is 11.5. The first-order valence-corrected chi connectivity index (χ1v) is 6.74. The number of allylic oxidation sites excluding steroid dienone is 1. The Morgan fingerprint density at radius 1 is 1.10 bits per heavy atom. The van der Waals surface area contributed by atoms with Crippen molar-refractivity contribution in [2.75, 3.05) is 6.61 Å². The van der Waals surface area contributed by atoms with Crippen molar-refractivity contribution in [3.63, 3.8) is 0 Å². The highest BCUT2D eigenvalue weighted by Crippen LogP contribution is 2.24. The van der Waals surface area contributed by atoms with E-state index in [0.717, 1.165) is 12.0 Å². The second-order valence-corrected chi connectivity index (χ2v) is 4.95. The molecule has 116 valence electrons. The molecule has 1 heterocycles. The molecule has 0 spiro atoms. The Kier molecular flexibility index (Phi) is 5.33. The number of ether oxygens (including phenoxy) is 2. The highest BCUT2D eigenvalue weighted by Gasteiger charge is 2.44. The van der Waals surface area contributed by atoms with Crippen molar-refractivity contribution in [2.45, 2.75) is 37.1 Å². The Hall–Kier alpha value is -1.44.